The van der Waals surface area contributed by atoms with Crippen molar-refractivity contribution in [1.82, 2.24) is 4.90 Å². The molecule has 3 N–H and O–H groups in total. The van der Waals surface area contributed by atoms with Gasteiger partial charge < -0.3 is 15.7 Å². The Balaban J connectivity index is 3.74. The SMILES string of the molecule is CN(CCCC(C)(N)C(=O)O)CC(F)F. The minimum absolute atomic E-state index is 0.274. The number of hydrogen-bond acceptors (Lipinski definition) is 3. The number of carbonyl (C=O) groups is 1. The van der Waals surface area contributed by atoms with E-state index in [4.69, 9.17) is 10.8 Å². The summed E-state index contributed by atoms with van der Waals surface area (Å²) in [6.07, 6.45) is -1.60. The maximum Gasteiger partial charge on any atom is 0.323 e. The van der Waals surface area contributed by atoms with E-state index in [1.165, 1.54) is 11.8 Å². The highest BCUT2D eigenvalue weighted by Crippen LogP contribution is 2.09. The van der Waals surface area contributed by atoms with Crippen LogP contribution in [-0.2, 0) is 4.79 Å². The normalized spacial score (nSPS) is 15.7. The van der Waals surface area contributed by atoms with E-state index in [1.807, 2.05) is 0 Å². The average Bonchev–Trinajstić information content (AvgIpc) is 2.01. The fourth-order valence-corrected chi connectivity index (χ4v) is 1.15. The van der Waals surface area contributed by atoms with Crippen LogP contribution in [0.4, 0.5) is 8.78 Å². The van der Waals surface area contributed by atoms with Gasteiger partial charge in [-0.3, -0.25) is 4.79 Å². The van der Waals surface area contributed by atoms with Crippen LogP contribution in [0.2, 0.25) is 0 Å². The smallest absolute Gasteiger partial charge is 0.323 e. The molecule has 0 aliphatic heterocycles. The van der Waals surface area contributed by atoms with Gasteiger partial charge in [-0.2, -0.15) is 0 Å². The Morgan fingerprint density at radius 3 is 2.53 bits per heavy atom. The second-order valence-electron chi connectivity index (χ2n) is 3.98. The molecule has 0 spiro atoms. The fraction of sp³-hybridized carbons (Fsp3) is 0.889. The number of carboxylic acid groups (broad SMARTS) is 1. The lowest BCUT2D eigenvalue weighted by atomic mass is 9.97. The van der Waals surface area contributed by atoms with Crippen LogP contribution in [0.25, 0.3) is 0 Å². The molecule has 0 aliphatic carbocycles. The number of rotatable bonds is 7. The molecule has 0 fully saturated rings. The predicted octanol–water partition coefficient (Wildman–Crippen LogP) is 0.765. The summed E-state index contributed by atoms with van der Waals surface area (Å²) in [5.41, 5.74) is 4.21. The summed E-state index contributed by atoms with van der Waals surface area (Å²) in [5.74, 6) is -1.07. The number of nitrogens with zero attached hydrogens (tertiary/aromatic N) is 1. The van der Waals surface area contributed by atoms with Crippen molar-refractivity contribution in [3.05, 3.63) is 0 Å². The van der Waals surface area contributed by atoms with Crippen molar-refractivity contribution in [2.45, 2.75) is 31.7 Å². The molecular weight excluding hydrogens is 206 g/mol. The van der Waals surface area contributed by atoms with Gasteiger partial charge in [0.25, 0.3) is 6.43 Å². The van der Waals surface area contributed by atoms with Gasteiger partial charge >= 0.3 is 5.97 Å². The Kier molecular flexibility index (Phi) is 5.67. The lowest BCUT2D eigenvalue weighted by Gasteiger charge is -2.21. The fourth-order valence-electron chi connectivity index (χ4n) is 1.15. The van der Waals surface area contributed by atoms with Gasteiger partial charge in [0.1, 0.15) is 5.54 Å². The van der Waals surface area contributed by atoms with Gasteiger partial charge in [0, 0.05) is 0 Å². The van der Waals surface area contributed by atoms with Crippen molar-refractivity contribution < 1.29 is 18.7 Å². The van der Waals surface area contributed by atoms with Gasteiger partial charge in [-0.05, 0) is 33.4 Å². The molecule has 0 amide bonds. The van der Waals surface area contributed by atoms with Crippen LogP contribution >= 0.6 is 0 Å². The summed E-state index contributed by atoms with van der Waals surface area (Å²) >= 11 is 0. The monoisotopic (exact) mass is 224 g/mol. The largest absolute Gasteiger partial charge is 0.480 e. The van der Waals surface area contributed by atoms with E-state index in [9.17, 15) is 13.6 Å². The van der Waals surface area contributed by atoms with E-state index in [0.717, 1.165) is 0 Å². The number of aliphatic carboxylic acids is 1. The van der Waals surface area contributed by atoms with Crippen molar-refractivity contribution in [2.24, 2.45) is 5.73 Å². The lowest BCUT2D eigenvalue weighted by Crippen LogP contribution is -2.45. The van der Waals surface area contributed by atoms with Crippen molar-refractivity contribution in [3.63, 3.8) is 0 Å². The summed E-state index contributed by atoms with van der Waals surface area (Å²) in [5, 5.41) is 8.69. The predicted molar refractivity (Wildman–Crippen MR) is 53.0 cm³/mol. The quantitative estimate of drug-likeness (QED) is 0.670. The molecule has 1 unspecified atom stereocenters. The Morgan fingerprint density at radius 2 is 2.13 bits per heavy atom. The van der Waals surface area contributed by atoms with E-state index in [-0.39, 0.29) is 13.0 Å². The van der Waals surface area contributed by atoms with E-state index in [1.54, 1.807) is 7.05 Å². The summed E-state index contributed by atoms with van der Waals surface area (Å²) in [4.78, 5) is 12.1. The van der Waals surface area contributed by atoms with Crippen LogP contribution in [0.3, 0.4) is 0 Å². The zero-order valence-electron chi connectivity index (χ0n) is 9.04. The number of carboxylic acids is 1. The molecule has 4 nitrogen and oxygen atoms in total. The third kappa shape index (κ3) is 6.35. The minimum atomic E-state index is -2.36. The maximum atomic E-state index is 11.9. The van der Waals surface area contributed by atoms with Crippen molar-refractivity contribution in [1.29, 1.82) is 0 Å². The standard InChI is InChI=1S/C9H18F2N2O2/c1-9(12,8(14)15)4-3-5-13(2)6-7(10)11/h7H,3-6,12H2,1-2H3,(H,14,15). The summed E-state index contributed by atoms with van der Waals surface area (Å²) in [6.45, 7) is 1.54. The van der Waals surface area contributed by atoms with Crippen LogP contribution in [-0.4, -0.2) is 48.1 Å². The molecule has 0 saturated carbocycles. The molecule has 0 aromatic heterocycles. The van der Waals surface area contributed by atoms with Gasteiger partial charge in [0.05, 0.1) is 6.54 Å². The Hall–Kier alpha value is -0.750. The topological polar surface area (TPSA) is 66.6 Å². The molecule has 15 heavy (non-hydrogen) atoms. The van der Waals surface area contributed by atoms with Gasteiger partial charge in [-0.1, -0.05) is 0 Å². The van der Waals surface area contributed by atoms with E-state index in [2.05, 4.69) is 0 Å². The van der Waals surface area contributed by atoms with Crippen LogP contribution in [0.1, 0.15) is 19.8 Å². The Labute approximate surface area is 88.0 Å². The Bertz CT molecular complexity index is 210. The van der Waals surface area contributed by atoms with Crippen LogP contribution in [0.5, 0.6) is 0 Å². The van der Waals surface area contributed by atoms with E-state index >= 15 is 0 Å². The van der Waals surface area contributed by atoms with Crippen molar-refractivity contribution >= 4 is 5.97 Å². The minimum Gasteiger partial charge on any atom is -0.480 e. The number of nitrogens with two attached hydrogens (primary N) is 1. The third-order valence-electron chi connectivity index (χ3n) is 2.17. The van der Waals surface area contributed by atoms with Gasteiger partial charge in [0.2, 0.25) is 0 Å². The highest BCUT2D eigenvalue weighted by molar-refractivity contribution is 5.77. The molecule has 0 radical (unpaired) electrons. The Morgan fingerprint density at radius 1 is 1.60 bits per heavy atom. The lowest BCUT2D eigenvalue weighted by molar-refractivity contribution is -0.143. The summed E-state index contributed by atoms with van der Waals surface area (Å²) in [7, 11) is 1.57. The van der Waals surface area contributed by atoms with E-state index in [0.29, 0.717) is 13.0 Å². The van der Waals surface area contributed by atoms with Gasteiger partial charge in [-0.25, -0.2) is 8.78 Å². The molecule has 90 valence electrons. The molecule has 0 bridgehead atoms. The van der Waals surface area contributed by atoms with Crippen molar-refractivity contribution in [2.75, 3.05) is 20.1 Å². The first-order valence-corrected chi connectivity index (χ1v) is 4.74. The second-order valence-corrected chi connectivity index (χ2v) is 3.98. The highest BCUT2D eigenvalue weighted by atomic mass is 19.3. The summed E-state index contributed by atoms with van der Waals surface area (Å²) < 4.78 is 23.8. The van der Waals surface area contributed by atoms with Gasteiger partial charge in [-0.15, -0.1) is 0 Å². The van der Waals surface area contributed by atoms with Crippen molar-refractivity contribution in [3.8, 4) is 0 Å². The molecule has 0 aliphatic rings. The van der Waals surface area contributed by atoms with Crippen LogP contribution in [0, 0.1) is 0 Å². The zero-order valence-corrected chi connectivity index (χ0v) is 9.04. The molecule has 6 heteroatoms. The first-order valence-electron chi connectivity index (χ1n) is 4.74. The second kappa shape index (κ2) is 5.97. The molecule has 0 aromatic carbocycles. The maximum absolute atomic E-state index is 11.9. The number of hydrogen-bond donors (Lipinski definition) is 2. The molecule has 0 rings (SSSR count). The first-order chi connectivity index (χ1) is 6.75. The van der Waals surface area contributed by atoms with Crippen LogP contribution in [0.15, 0.2) is 0 Å². The molecule has 0 saturated heterocycles. The number of halogens is 2. The molecule has 1 atom stereocenters. The number of alkyl halides is 2. The average molecular weight is 224 g/mol. The molecule has 0 heterocycles. The summed E-state index contributed by atoms with van der Waals surface area (Å²) in [6, 6.07) is 0. The first kappa shape index (κ1) is 14.2. The molecular formula is C9H18F2N2O2. The molecule has 0 aromatic rings. The zero-order chi connectivity index (χ0) is 12.1. The van der Waals surface area contributed by atoms with Gasteiger partial charge in [0.15, 0.2) is 0 Å². The third-order valence-corrected chi connectivity index (χ3v) is 2.17. The highest BCUT2D eigenvalue weighted by Gasteiger charge is 2.27. The van der Waals surface area contributed by atoms with E-state index < -0.39 is 17.9 Å². The van der Waals surface area contributed by atoms with Crippen LogP contribution < -0.4 is 5.73 Å².